The number of carboxylic acids is 1. The highest BCUT2D eigenvalue weighted by Crippen LogP contribution is 2.26. The average molecular weight is 317 g/mol. The van der Waals surface area contributed by atoms with Crippen LogP contribution in [0.25, 0.3) is 10.9 Å². The average Bonchev–Trinajstić information content (AvgIpc) is 2.97. The molecule has 126 valence electrons. The van der Waals surface area contributed by atoms with Gasteiger partial charge in [0.25, 0.3) is 0 Å². The predicted molar refractivity (Wildman–Crippen MR) is 92.5 cm³/mol. The summed E-state index contributed by atoms with van der Waals surface area (Å²) in [5.74, 6) is -0.707. The van der Waals surface area contributed by atoms with Crippen LogP contribution in [-0.2, 0) is 11.2 Å². The molecule has 1 unspecified atom stereocenters. The van der Waals surface area contributed by atoms with Crippen molar-refractivity contribution in [3.63, 3.8) is 0 Å². The minimum atomic E-state index is -0.707. The van der Waals surface area contributed by atoms with E-state index in [4.69, 9.17) is 0 Å². The van der Waals surface area contributed by atoms with Crippen molar-refractivity contribution in [1.82, 2.24) is 15.5 Å². The highest BCUT2D eigenvalue weighted by atomic mass is 16.4. The second-order valence-electron chi connectivity index (χ2n) is 6.33. The smallest absolute Gasteiger partial charge is 0.310 e. The Hall–Kier alpha value is -1.88. The molecular formula is C18H27N3O2. The predicted octanol–water partition coefficient (Wildman–Crippen LogP) is 3.36. The first kappa shape index (κ1) is 17.5. The summed E-state index contributed by atoms with van der Waals surface area (Å²) in [7, 11) is 0. The Morgan fingerprint density at radius 1 is 1.35 bits per heavy atom. The summed E-state index contributed by atoms with van der Waals surface area (Å²) in [6, 6.07) is 8.34. The molecule has 5 nitrogen and oxygen atoms in total. The van der Waals surface area contributed by atoms with E-state index in [-0.39, 0.29) is 6.04 Å². The molecule has 0 aliphatic carbocycles. The number of aromatic nitrogens is 2. The van der Waals surface area contributed by atoms with Crippen molar-refractivity contribution in [2.24, 2.45) is 5.41 Å². The summed E-state index contributed by atoms with van der Waals surface area (Å²) in [6.07, 6.45) is 3.12. The third-order valence-corrected chi connectivity index (χ3v) is 4.96. The van der Waals surface area contributed by atoms with Crippen LogP contribution in [0.5, 0.6) is 0 Å². The van der Waals surface area contributed by atoms with E-state index in [0.717, 1.165) is 24.1 Å². The summed E-state index contributed by atoms with van der Waals surface area (Å²) in [4.78, 5) is 11.5. The van der Waals surface area contributed by atoms with E-state index in [9.17, 15) is 9.90 Å². The summed E-state index contributed by atoms with van der Waals surface area (Å²) < 4.78 is 0. The Labute approximate surface area is 137 Å². The summed E-state index contributed by atoms with van der Waals surface area (Å²) in [6.45, 7) is 6.51. The molecule has 0 spiro atoms. The van der Waals surface area contributed by atoms with Gasteiger partial charge in [-0.15, -0.1) is 0 Å². The first-order chi connectivity index (χ1) is 11.0. The van der Waals surface area contributed by atoms with E-state index in [0.29, 0.717) is 19.4 Å². The van der Waals surface area contributed by atoms with Crippen molar-refractivity contribution < 1.29 is 9.90 Å². The molecular weight excluding hydrogens is 290 g/mol. The van der Waals surface area contributed by atoms with Crippen LogP contribution < -0.4 is 5.32 Å². The largest absolute Gasteiger partial charge is 0.481 e. The Morgan fingerprint density at radius 2 is 2.04 bits per heavy atom. The van der Waals surface area contributed by atoms with Gasteiger partial charge in [-0.1, -0.05) is 32.0 Å². The number of hydrogen-bond donors (Lipinski definition) is 3. The van der Waals surface area contributed by atoms with E-state index < -0.39 is 11.4 Å². The van der Waals surface area contributed by atoms with Crippen molar-refractivity contribution in [2.45, 2.75) is 52.5 Å². The molecule has 0 bridgehead atoms. The van der Waals surface area contributed by atoms with Crippen LogP contribution in [0.2, 0.25) is 0 Å². The number of carbonyl (C=O) groups is 1. The maximum absolute atomic E-state index is 11.5. The molecule has 1 aromatic heterocycles. The molecule has 2 aromatic rings. The zero-order chi connectivity index (χ0) is 16.9. The van der Waals surface area contributed by atoms with Crippen molar-refractivity contribution in [3.05, 3.63) is 30.0 Å². The number of aliphatic carboxylic acids is 1. The third kappa shape index (κ3) is 3.91. The number of para-hydroxylation sites is 1. The van der Waals surface area contributed by atoms with Crippen molar-refractivity contribution in [3.8, 4) is 0 Å². The lowest BCUT2D eigenvalue weighted by molar-refractivity contribution is -0.149. The summed E-state index contributed by atoms with van der Waals surface area (Å²) >= 11 is 0. The fourth-order valence-corrected chi connectivity index (χ4v) is 2.92. The fraction of sp³-hybridized carbons (Fsp3) is 0.556. The zero-order valence-electron chi connectivity index (χ0n) is 14.2. The molecule has 1 atom stereocenters. The van der Waals surface area contributed by atoms with Gasteiger partial charge in [-0.25, -0.2) is 0 Å². The summed E-state index contributed by atoms with van der Waals surface area (Å²) in [5, 5.41) is 21.5. The Balaban J connectivity index is 1.90. The molecule has 0 saturated heterocycles. The van der Waals surface area contributed by atoms with Crippen LogP contribution in [0, 0.1) is 5.41 Å². The number of aryl methyl sites for hydroxylation is 1. The number of nitrogens with zero attached hydrogens (tertiary/aromatic N) is 1. The Morgan fingerprint density at radius 3 is 2.70 bits per heavy atom. The lowest BCUT2D eigenvalue weighted by atomic mass is 9.82. The minimum Gasteiger partial charge on any atom is -0.481 e. The normalized spacial score (nSPS) is 13.3. The van der Waals surface area contributed by atoms with Crippen LogP contribution in [0.3, 0.4) is 0 Å². The number of carboxylic acid groups (broad SMARTS) is 1. The highest BCUT2D eigenvalue weighted by molar-refractivity contribution is 5.81. The van der Waals surface area contributed by atoms with Crippen LogP contribution >= 0.6 is 0 Å². The monoisotopic (exact) mass is 317 g/mol. The lowest BCUT2D eigenvalue weighted by Crippen LogP contribution is -2.43. The van der Waals surface area contributed by atoms with Gasteiger partial charge >= 0.3 is 5.97 Å². The SMILES string of the molecule is CCC(CC)(CNC(C)CCc1[nH]nc2ccccc12)C(=O)O. The fourth-order valence-electron chi connectivity index (χ4n) is 2.92. The van der Waals surface area contributed by atoms with E-state index in [2.05, 4.69) is 28.5 Å². The van der Waals surface area contributed by atoms with Gasteiger partial charge < -0.3 is 10.4 Å². The molecule has 0 aliphatic heterocycles. The first-order valence-electron chi connectivity index (χ1n) is 8.41. The molecule has 0 aliphatic rings. The highest BCUT2D eigenvalue weighted by Gasteiger charge is 2.34. The van der Waals surface area contributed by atoms with Gasteiger partial charge in [-0.2, -0.15) is 5.10 Å². The molecule has 0 saturated carbocycles. The van der Waals surface area contributed by atoms with E-state index in [1.54, 1.807) is 0 Å². The van der Waals surface area contributed by atoms with Crippen LogP contribution in [0.15, 0.2) is 24.3 Å². The van der Waals surface area contributed by atoms with Crippen molar-refractivity contribution in [1.29, 1.82) is 0 Å². The first-order valence-corrected chi connectivity index (χ1v) is 8.41. The number of fused-ring (bicyclic) bond motifs is 1. The lowest BCUT2D eigenvalue weighted by Gasteiger charge is -2.28. The van der Waals surface area contributed by atoms with Crippen molar-refractivity contribution >= 4 is 16.9 Å². The van der Waals surface area contributed by atoms with Gasteiger partial charge in [0, 0.05) is 23.7 Å². The molecule has 0 radical (unpaired) electrons. The van der Waals surface area contributed by atoms with Crippen LogP contribution in [0.4, 0.5) is 0 Å². The van der Waals surface area contributed by atoms with Gasteiger partial charge in [-0.3, -0.25) is 9.89 Å². The van der Waals surface area contributed by atoms with Gasteiger partial charge in [0.2, 0.25) is 0 Å². The van der Waals surface area contributed by atoms with Crippen molar-refractivity contribution in [2.75, 3.05) is 6.54 Å². The van der Waals surface area contributed by atoms with Crippen LogP contribution in [-0.4, -0.2) is 33.9 Å². The van der Waals surface area contributed by atoms with Crippen LogP contribution in [0.1, 0.15) is 45.7 Å². The minimum absolute atomic E-state index is 0.258. The second-order valence-corrected chi connectivity index (χ2v) is 6.33. The van der Waals surface area contributed by atoms with E-state index >= 15 is 0 Å². The number of aromatic amines is 1. The van der Waals surface area contributed by atoms with E-state index in [1.165, 1.54) is 5.39 Å². The molecule has 3 N–H and O–H groups in total. The molecule has 2 rings (SSSR count). The van der Waals surface area contributed by atoms with Gasteiger partial charge in [0.05, 0.1) is 10.9 Å². The maximum Gasteiger partial charge on any atom is 0.310 e. The zero-order valence-corrected chi connectivity index (χ0v) is 14.2. The maximum atomic E-state index is 11.5. The molecule has 1 heterocycles. The molecule has 0 amide bonds. The molecule has 1 aromatic carbocycles. The second kappa shape index (κ2) is 7.59. The molecule has 23 heavy (non-hydrogen) atoms. The number of rotatable bonds is 9. The number of benzene rings is 1. The number of hydrogen-bond acceptors (Lipinski definition) is 3. The Bertz CT molecular complexity index is 647. The van der Waals surface area contributed by atoms with Gasteiger partial charge in [-0.05, 0) is 38.7 Å². The quantitative estimate of drug-likeness (QED) is 0.662. The Kier molecular flexibility index (Phi) is 5.77. The van der Waals surface area contributed by atoms with Gasteiger partial charge in [0.15, 0.2) is 0 Å². The summed E-state index contributed by atoms with van der Waals surface area (Å²) in [5.41, 5.74) is 1.48. The molecule has 0 fully saturated rings. The van der Waals surface area contributed by atoms with Gasteiger partial charge in [0.1, 0.15) is 0 Å². The standard InChI is InChI=1S/C18H27N3O2/c1-4-18(5-2,17(22)23)12-19-13(3)10-11-16-14-8-6-7-9-15(14)20-21-16/h6-9,13,19H,4-5,10-12H2,1-3H3,(H,20,21)(H,22,23). The van der Waals surface area contributed by atoms with E-state index in [1.807, 2.05) is 32.0 Å². The number of H-pyrrole nitrogens is 1. The topological polar surface area (TPSA) is 78.0 Å². The number of nitrogens with one attached hydrogen (secondary N) is 2. The third-order valence-electron chi connectivity index (χ3n) is 4.96. The molecule has 5 heteroatoms.